The molecule has 25 heavy (non-hydrogen) atoms. The van der Waals surface area contributed by atoms with Crippen LogP contribution in [-0.2, 0) is 4.79 Å². The van der Waals surface area contributed by atoms with Crippen LogP contribution in [0.4, 0.5) is 5.69 Å². The molecule has 2 aromatic rings. The first-order chi connectivity index (χ1) is 12.1. The molecule has 0 bridgehead atoms. The summed E-state index contributed by atoms with van der Waals surface area (Å²) in [6.07, 6.45) is 0.886. The molecule has 2 rings (SSSR count). The van der Waals surface area contributed by atoms with Crippen LogP contribution in [0.5, 0.6) is 11.5 Å². The van der Waals surface area contributed by atoms with Crippen LogP contribution in [0.3, 0.4) is 0 Å². The molecule has 5 nitrogen and oxygen atoms in total. The van der Waals surface area contributed by atoms with E-state index in [2.05, 4.69) is 33.5 Å². The molecule has 6 heteroatoms. The number of benzene rings is 2. The van der Waals surface area contributed by atoms with Crippen molar-refractivity contribution in [2.45, 2.75) is 19.4 Å². The molecule has 0 radical (unpaired) electrons. The van der Waals surface area contributed by atoms with Gasteiger partial charge in [-0.05, 0) is 36.2 Å². The summed E-state index contributed by atoms with van der Waals surface area (Å²) in [5.41, 5.74) is 1.74. The van der Waals surface area contributed by atoms with E-state index >= 15 is 0 Å². The highest BCUT2D eigenvalue weighted by molar-refractivity contribution is 9.10. The molecule has 134 valence electrons. The zero-order valence-electron chi connectivity index (χ0n) is 14.6. The molecule has 0 aliphatic rings. The van der Waals surface area contributed by atoms with Crippen molar-refractivity contribution < 1.29 is 14.3 Å². The predicted octanol–water partition coefficient (Wildman–Crippen LogP) is 4.15. The van der Waals surface area contributed by atoms with Crippen molar-refractivity contribution in [1.29, 1.82) is 0 Å². The molecule has 1 atom stereocenters. The van der Waals surface area contributed by atoms with E-state index in [1.54, 1.807) is 32.4 Å². The molecule has 0 unspecified atom stereocenters. The zero-order chi connectivity index (χ0) is 18.2. The van der Waals surface area contributed by atoms with Gasteiger partial charge in [0.15, 0.2) is 0 Å². The minimum Gasteiger partial charge on any atom is -0.497 e. The van der Waals surface area contributed by atoms with Gasteiger partial charge in [0.05, 0.1) is 26.5 Å². The summed E-state index contributed by atoms with van der Waals surface area (Å²) in [7, 11) is 3.15. The van der Waals surface area contributed by atoms with E-state index in [0.29, 0.717) is 17.2 Å². The first-order valence-electron chi connectivity index (χ1n) is 8.08. The summed E-state index contributed by atoms with van der Waals surface area (Å²) < 4.78 is 11.5. The summed E-state index contributed by atoms with van der Waals surface area (Å²) in [4.78, 5) is 12.3. The molecule has 0 aromatic heterocycles. The fraction of sp³-hybridized carbons (Fsp3) is 0.316. The third kappa shape index (κ3) is 5.47. The van der Waals surface area contributed by atoms with Crippen molar-refractivity contribution in [1.82, 2.24) is 5.32 Å². The van der Waals surface area contributed by atoms with E-state index in [-0.39, 0.29) is 18.5 Å². The van der Waals surface area contributed by atoms with E-state index < -0.39 is 0 Å². The second-order valence-corrected chi connectivity index (χ2v) is 6.42. The molecule has 2 aromatic carbocycles. The van der Waals surface area contributed by atoms with Gasteiger partial charge in [-0.25, -0.2) is 0 Å². The lowest BCUT2D eigenvalue weighted by Crippen LogP contribution is -2.31. The number of nitrogens with one attached hydrogen (secondary N) is 2. The van der Waals surface area contributed by atoms with Crippen LogP contribution in [0.15, 0.2) is 46.9 Å². The summed E-state index contributed by atoms with van der Waals surface area (Å²) in [5.74, 6) is 1.11. The topological polar surface area (TPSA) is 59.6 Å². The van der Waals surface area contributed by atoms with Gasteiger partial charge in [0.1, 0.15) is 11.5 Å². The fourth-order valence-corrected chi connectivity index (χ4v) is 2.78. The molecule has 1 amide bonds. The van der Waals surface area contributed by atoms with Crippen LogP contribution in [0.25, 0.3) is 0 Å². The first-order valence-corrected chi connectivity index (χ1v) is 8.87. The molecule has 0 saturated carbocycles. The van der Waals surface area contributed by atoms with Crippen LogP contribution in [0, 0.1) is 0 Å². The minimum atomic E-state index is -0.137. The molecule has 0 aliphatic heterocycles. The molecule has 0 aliphatic carbocycles. The largest absolute Gasteiger partial charge is 0.497 e. The Bertz CT molecular complexity index is 704. The van der Waals surface area contributed by atoms with Crippen LogP contribution in [0.1, 0.15) is 24.9 Å². The monoisotopic (exact) mass is 406 g/mol. The number of carbonyl (C=O) groups excluding carboxylic acids is 1. The maximum Gasteiger partial charge on any atom is 0.238 e. The highest BCUT2D eigenvalue weighted by Gasteiger charge is 2.13. The lowest BCUT2D eigenvalue weighted by molar-refractivity contribution is -0.115. The van der Waals surface area contributed by atoms with Crippen LogP contribution in [0.2, 0.25) is 0 Å². The van der Waals surface area contributed by atoms with Gasteiger partial charge in [-0.15, -0.1) is 0 Å². The summed E-state index contributed by atoms with van der Waals surface area (Å²) in [5, 5.41) is 6.15. The summed E-state index contributed by atoms with van der Waals surface area (Å²) in [6, 6.07) is 13.5. The van der Waals surface area contributed by atoms with Gasteiger partial charge in [-0.1, -0.05) is 35.0 Å². The van der Waals surface area contributed by atoms with Gasteiger partial charge >= 0.3 is 0 Å². The first kappa shape index (κ1) is 19.3. The Hall–Kier alpha value is -2.05. The third-order valence-electron chi connectivity index (χ3n) is 3.87. The molecular formula is C19H23BrN2O3. The second-order valence-electron chi connectivity index (χ2n) is 5.51. The minimum absolute atomic E-state index is 0.117. The lowest BCUT2D eigenvalue weighted by Gasteiger charge is -2.18. The van der Waals surface area contributed by atoms with Crippen molar-refractivity contribution in [2.75, 3.05) is 26.1 Å². The summed E-state index contributed by atoms with van der Waals surface area (Å²) in [6.45, 7) is 2.29. The Labute approximate surface area is 156 Å². The number of hydrogen-bond donors (Lipinski definition) is 2. The Morgan fingerprint density at radius 3 is 2.44 bits per heavy atom. The average Bonchev–Trinajstić information content (AvgIpc) is 2.63. The average molecular weight is 407 g/mol. The second kappa shape index (κ2) is 9.44. The van der Waals surface area contributed by atoms with Crippen molar-refractivity contribution in [3.8, 4) is 11.5 Å². The van der Waals surface area contributed by atoms with E-state index in [9.17, 15) is 4.79 Å². The predicted molar refractivity (Wildman–Crippen MR) is 103 cm³/mol. The number of halogens is 1. The van der Waals surface area contributed by atoms with Gasteiger partial charge in [0, 0.05) is 16.6 Å². The standard InChI is InChI=1S/C19H23BrN2O3/c1-4-16(13-5-7-14(20)8-6-13)21-12-19(23)22-17-11-15(24-2)9-10-18(17)25-3/h5-11,16,21H,4,12H2,1-3H3,(H,22,23)/t16-/m1/s1. The highest BCUT2D eigenvalue weighted by atomic mass is 79.9. The van der Waals surface area contributed by atoms with Gasteiger partial charge in [-0.2, -0.15) is 0 Å². The van der Waals surface area contributed by atoms with Crippen molar-refractivity contribution >= 4 is 27.5 Å². The Morgan fingerprint density at radius 1 is 1.12 bits per heavy atom. The van der Waals surface area contributed by atoms with E-state index in [1.807, 2.05) is 24.3 Å². The fourth-order valence-electron chi connectivity index (χ4n) is 2.52. The normalized spacial score (nSPS) is 11.7. The Balaban J connectivity index is 1.98. The number of amides is 1. The van der Waals surface area contributed by atoms with Gasteiger partial charge in [-0.3, -0.25) is 4.79 Å². The number of carbonyl (C=O) groups is 1. The Kier molecular flexibility index (Phi) is 7.28. The molecule has 0 fully saturated rings. The van der Waals surface area contributed by atoms with Crippen molar-refractivity contribution in [3.05, 3.63) is 52.5 Å². The van der Waals surface area contributed by atoms with Gasteiger partial charge < -0.3 is 20.1 Å². The van der Waals surface area contributed by atoms with Gasteiger partial charge in [0.2, 0.25) is 5.91 Å². The maximum atomic E-state index is 12.3. The number of ether oxygens (including phenoxy) is 2. The SMILES string of the molecule is CC[C@@H](NCC(=O)Nc1cc(OC)ccc1OC)c1ccc(Br)cc1. The number of anilines is 1. The van der Waals surface area contributed by atoms with Crippen LogP contribution in [-0.4, -0.2) is 26.7 Å². The quantitative estimate of drug-likeness (QED) is 0.691. The van der Waals surface area contributed by atoms with Crippen LogP contribution >= 0.6 is 15.9 Å². The Morgan fingerprint density at radius 2 is 1.84 bits per heavy atom. The van der Waals surface area contributed by atoms with Crippen molar-refractivity contribution in [3.63, 3.8) is 0 Å². The van der Waals surface area contributed by atoms with E-state index in [4.69, 9.17) is 9.47 Å². The smallest absolute Gasteiger partial charge is 0.238 e. The molecule has 0 spiro atoms. The highest BCUT2D eigenvalue weighted by Crippen LogP contribution is 2.28. The zero-order valence-corrected chi connectivity index (χ0v) is 16.2. The lowest BCUT2D eigenvalue weighted by atomic mass is 10.0. The van der Waals surface area contributed by atoms with E-state index in [0.717, 1.165) is 16.5 Å². The number of hydrogen-bond acceptors (Lipinski definition) is 4. The number of methoxy groups -OCH3 is 2. The molecule has 0 heterocycles. The number of rotatable bonds is 8. The van der Waals surface area contributed by atoms with Crippen molar-refractivity contribution in [2.24, 2.45) is 0 Å². The van der Waals surface area contributed by atoms with Crippen LogP contribution < -0.4 is 20.1 Å². The third-order valence-corrected chi connectivity index (χ3v) is 4.40. The molecular weight excluding hydrogens is 384 g/mol. The summed E-state index contributed by atoms with van der Waals surface area (Å²) >= 11 is 3.43. The molecule has 2 N–H and O–H groups in total. The molecule has 0 saturated heterocycles. The van der Waals surface area contributed by atoms with E-state index in [1.165, 1.54) is 0 Å². The van der Waals surface area contributed by atoms with Gasteiger partial charge in [0.25, 0.3) is 0 Å². The maximum absolute atomic E-state index is 12.3.